The summed E-state index contributed by atoms with van der Waals surface area (Å²) < 4.78 is 7.96. The van der Waals surface area contributed by atoms with Crippen LogP contribution in [0.15, 0.2) is 103 Å². The lowest BCUT2D eigenvalue weighted by Gasteiger charge is -2.32. The molecule has 1 aliphatic rings. The number of rotatable bonds is 6. The smallest absolute Gasteiger partial charge is 0.264 e. The third-order valence-electron chi connectivity index (χ3n) is 7.21. The van der Waals surface area contributed by atoms with Crippen molar-refractivity contribution in [3.8, 4) is 34.4 Å². The molecule has 3 heterocycles. The van der Waals surface area contributed by atoms with Gasteiger partial charge in [-0.3, -0.25) is 4.79 Å². The zero-order valence-electron chi connectivity index (χ0n) is 22.6. The minimum absolute atomic E-state index is 0.130. The number of fused-ring (bicyclic) bond motifs is 1. The Kier molecular flexibility index (Phi) is 7.27. The molecule has 6 rings (SSSR count). The first-order chi connectivity index (χ1) is 20.1. The summed E-state index contributed by atoms with van der Waals surface area (Å²) in [5.74, 6) is 1.30. The minimum Gasteiger partial charge on any atom is -0.457 e. The number of carbonyl (C=O) groups excluding carboxylic acids is 1. The third kappa shape index (κ3) is 5.57. The van der Waals surface area contributed by atoms with E-state index in [9.17, 15) is 10.1 Å². The molecule has 0 N–H and O–H groups in total. The first-order valence-electron chi connectivity index (χ1n) is 13.4. The summed E-state index contributed by atoms with van der Waals surface area (Å²) in [6.07, 6.45) is 7.05. The molecule has 0 spiro atoms. The molecule has 0 saturated carbocycles. The van der Waals surface area contributed by atoms with Crippen molar-refractivity contribution in [3.05, 3.63) is 109 Å². The lowest BCUT2D eigenvalue weighted by molar-refractivity contribution is -0.128. The maximum absolute atomic E-state index is 13.0. The molecule has 2 aromatic heterocycles. The maximum Gasteiger partial charge on any atom is 0.264 e. The van der Waals surface area contributed by atoms with E-state index in [1.54, 1.807) is 11.0 Å². The van der Waals surface area contributed by atoms with E-state index in [2.05, 4.69) is 20.9 Å². The number of amides is 1. The molecule has 3 aromatic carbocycles. The van der Waals surface area contributed by atoms with Gasteiger partial charge in [-0.1, -0.05) is 42.5 Å². The summed E-state index contributed by atoms with van der Waals surface area (Å²) in [4.78, 5) is 25.8. The van der Waals surface area contributed by atoms with Crippen LogP contribution in [0.2, 0.25) is 0 Å². The molecule has 0 aliphatic carbocycles. The number of hydrogen-bond acceptors (Lipinski definition) is 6. The fraction of sp³-hybridized carbons (Fsp3) is 0.152. The normalized spacial score (nSPS) is 14.1. The highest BCUT2D eigenvalue weighted by Crippen LogP contribution is 2.33. The molecule has 8 heteroatoms. The van der Waals surface area contributed by atoms with E-state index in [4.69, 9.17) is 4.74 Å². The Labute approximate surface area is 238 Å². The van der Waals surface area contributed by atoms with E-state index in [1.807, 2.05) is 103 Å². The van der Waals surface area contributed by atoms with Gasteiger partial charge in [-0.25, -0.2) is 9.97 Å². The highest BCUT2D eigenvalue weighted by molar-refractivity contribution is 6.02. The van der Waals surface area contributed by atoms with Crippen molar-refractivity contribution in [2.45, 2.75) is 0 Å². The first-order valence-corrected chi connectivity index (χ1v) is 13.4. The number of nitrogens with zero attached hydrogens (tertiary/aromatic N) is 6. The van der Waals surface area contributed by atoms with Gasteiger partial charge < -0.3 is 19.1 Å². The number of piperazine rings is 1. The molecule has 0 unspecified atom stereocenters. The van der Waals surface area contributed by atoms with Crippen LogP contribution in [-0.2, 0) is 4.79 Å². The summed E-state index contributed by atoms with van der Waals surface area (Å²) in [7, 11) is 2.03. The van der Waals surface area contributed by atoms with Crippen LogP contribution in [-0.4, -0.2) is 63.5 Å². The topological polar surface area (TPSA) is 87.3 Å². The Morgan fingerprint density at radius 2 is 1.71 bits per heavy atom. The average molecular weight is 541 g/mol. The monoisotopic (exact) mass is 540 g/mol. The highest BCUT2D eigenvalue weighted by atomic mass is 16.5. The molecular weight excluding hydrogens is 512 g/mol. The van der Waals surface area contributed by atoms with Gasteiger partial charge >= 0.3 is 0 Å². The zero-order chi connectivity index (χ0) is 28.2. The molecule has 1 fully saturated rings. The number of carbonyl (C=O) groups is 1. The van der Waals surface area contributed by atoms with Gasteiger partial charge in [0, 0.05) is 55.2 Å². The van der Waals surface area contributed by atoms with Crippen molar-refractivity contribution < 1.29 is 9.53 Å². The van der Waals surface area contributed by atoms with Gasteiger partial charge in [0.05, 0.1) is 0 Å². The number of benzene rings is 3. The lowest BCUT2D eigenvalue weighted by Crippen LogP contribution is -2.47. The quantitative estimate of drug-likeness (QED) is 0.207. The Hall–Kier alpha value is -5.26. The fourth-order valence-electron chi connectivity index (χ4n) is 4.97. The summed E-state index contributed by atoms with van der Waals surface area (Å²) >= 11 is 0. The Morgan fingerprint density at radius 3 is 2.46 bits per heavy atom. The Bertz CT molecular complexity index is 1760. The average Bonchev–Trinajstić information content (AvgIpc) is 3.41. The molecule has 8 nitrogen and oxygen atoms in total. The van der Waals surface area contributed by atoms with Crippen LogP contribution in [0, 0.1) is 11.3 Å². The van der Waals surface area contributed by atoms with E-state index in [-0.39, 0.29) is 11.5 Å². The van der Waals surface area contributed by atoms with Gasteiger partial charge in [0.2, 0.25) is 0 Å². The van der Waals surface area contributed by atoms with Crippen LogP contribution in [0.1, 0.15) is 5.56 Å². The second kappa shape index (κ2) is 11.5. The van der Waals surface area contributed by atoms with Gasteiger partial charge in [-0.2, -0.15) is 5.26 Å². The van der Waals surface area contributed by atoms with Crippen LogP contribution in [0.25, 0.3) is 33.9 Å². The molecule has 1 aliphatic heterocycles. The predicted molar refractivity (Wildman–Crippen MR) is 158 cm³/mol. The van der Waals surface area contributed by atoms with E-state index in [1.165, 1.54) is 6.33 Å². The van der Waals surface area contributed by atoms with Crippen LogP contribution < -0.4 is 4.74 Å². The van der Waals surface area contributed by atoms with E-state index >= 15 is 0 Å². The van der Waals surface area contributed by atoms with Crippen LogP contribution in [0.5, 0.6) is 11.5 Å². The van der Waals surface area contributed by atoms with E-state index in [0.717, 1.165) is 58.0 Å². The maximum atomic E-state index is 13.0. The summed E-state index contributed by atoms with van der Waals surface area (Å²) in [5, 5.41) is 10.7. The number of nitriles is 1. The summed E-state index contributed by atoms with van der Waals surface area (Å²) in [6, 6.07) is 27.5. The number of aromatic nitrogens is 3. The lowest BCUT2D eigenvalue weighted by atomic mass is 10.1. The fourth-order valence-corrected chi connectivity index (χ4v) is 4.97. The predicted octanol–water partition coefficient (Wildman–Crippen LogP) is 5.56. The van der Waals surface area contributed by atoms with Gasteiger partial charge in [-0.15, -0.1) is 0 Å². The summed E-state index contributed by atoms with van der Waals surface area (Å²) in [6.45, 7) is 2.83. The highest BCUT2D eigenvalue weighted by Gasteiger charge is 2.22. The van der Waals surface area contributed by atoms with Crippen molar-refractivity contribution in [2.75, 3.05) is 33.2 Å². The van der Waals surface area contributed by atoms with Crippen molar-refractivity contribution in [3.63, 3.8) is 0 Å². The number of hydrogen-bond donors (Lipinski definition) is 0. The second-order valence-electron chi connectivity index (χ2n) is 9.97. The van der Waals surface area contributed by atoms with Crippen molar-refractivity contribution in [1.82, 2.24) is 24.3 Å². The van der Waals surface area contributed by atoms with Gasteiger partial charge in [-0.05, 0) is 60.6 Å². The summed E-state index contributed by atoms with van der Waals surface area (Å²) in [5.41, 5.74) is 4.50. The van der Waals surface area contributed by atoms with E-state index in [0.29, 0.717) is 13.1 Å². The van der Waals surface area contributed by atoms with Gasteiger partial charge in [0.15, 0.2) is 0 Å². The molecule has 0 radical (unpaired) electrons. The number of para-hydroxylation sites is 1. The second-order valence-corrected chi connectivity index (χ2v) is 9.97. The van der Waals surface area contributed by atoms with Gasteiger partial charge in [0.1, 0.15) is 35.1 Å². The Balaban J connectivity index is 1.31. The zero-order valence-corrected chi connectivity index (χ0v) is 22.6. The van der Waals surface area contributed by atoms with Crippen molar-refractivity contribution >= 4 is 23.0 Å². The van der Waals surface area contributed by atoms with Crippen molar-refractivity contribution in [1.29, 1.82) is 5.26 Å². The minimum atomic E-state index is -0.230. The van der Waals surface area contributed by atoms with Crippen molar-refractivity contribution in [2.24, 2.45) is 0 Å². The van der Waals surface area contributed by atoms with Crippen LogP contribution >= 0.6 is 0 Å². The molecule has 1 amide bonds. The van der Waals surface area contributed by atoms with Crippen LogP contribution in [0.3, 0.4) is 0 Å². The molecule has 0 bridgehead atoms. The Morgan fingerprint density at radius 1 is 0.951 bits per heavy atom. The number of ether oxygens (including phenoxy) is 1. The molecule has 0 atom stereocenters. The first kappa shape index (κ1) is 26.0. The largest absolute Gasteiger partial charge is 0.457 e. The molecule has 5 aromatic rings. The third-order valence-corrected chi connectivity index (χ3v) is 7.21. The number of likely N-dealkylation sites (N-methyl/N-ethyl adjacent to an activating group) is 1. The van der Waals surface area contributed by atoms with E-state index < -0.39 is 0 Å². The molecule has 1 saturated heterocycles. The van der Waals surface area contributed by atoms with Crippen LogP contribution in [0.4, 0.5) is 0 Å². The molecule has 202 valence electrons. The SMILES string of the molecule is CN1CCN(C(=O)/C(C#N)=C/c2cccc(-n3cc(-c4ccc(Oc5ccccc5)cc4)c4cncnc43)c2)CC1. The van der Waals surface area contributed by atoms with Gasteiger partial charge in [0.25, 0.3) is 5.91 Å². The molecular formula is C33H28N6O2. The standard InChI is InChI=1S/C33H28N6O2/c1-37-14-16-38(17-15-37)33(40)26(20-34)18-24-6-5-7-27(19-24)39-22-31(30-21-35-23-36-32(30)39)25-10-12-29(13-11-25)41-28-8-3-2-4-9-28/h2-13,18-19,21-23H,14-17H2,1H3/b26-18+. The molecule has 41 heavy (non-hydrogen) atoms.